The van der Waals surface area contributed by atoms with Gasteiger partial charge in [0.2, 0.25) is 0 Å². The van der Waals surface area contributed by atoms with Crippen LogP contribution in [0.2, 0.25) is 0 Å². The topological polar surface area (TPSA) is 107 Å². The van der Waals surface area contributed by atoms with Crippen molar-refractivity contribution in [3.05, 3.63) is 29.3 Å². The fraction of sp³-hybridized carbons (Fsp3) is 0.500. The van der Waals surface area contributed by atoms with E-state index in [-0.39, 0.29) is 0 Å². The minimum absolute atomic E-state index is 0.328. The normalized spacial score (nSPS) is 13.3. The van der Waals surface area contributed by atoms with E-state index in [1.165, 1.54) is 20.8 Å². The van der Waals surface area contributed by atoms with Gasteiger partial charge in [-0.2, -0.15) is 34.8 Å². The Balaban J connectivity index is 3.56. The standard InChI is InChI=1S/C16H16F6O7S/c1-8(2)12(23)28-11-6-9(3)4-5-10(11)13(24)29-14(15(17,18)19,16(20,21)22)7-30(25,26)27/h4-6,8H,7H2,1-3H3,(H,25,26,27). The third-order valence-electron chi connectivity index (χ3n) is 3.61. The summed E-state index contributed by atoms with van der Waals surface area (Å²) in [5.74, 6) is -7.71. The number of esters is 2. The van der Waals surface area contributed by atoms with E-state index in [9.17, 15) is 44.3 Å². The number of alkyl halides is 6. The van der Waals surface area contributed by atoms with Gasteiger partial charge in [-0.1, -0.05) is 19.9 Å². The SMILES string of the molecule is Cc1ccc(C(=O)OC(CS(=O)(=O)O)(C(F)(F)F)C(F)(F)F)c(OC(=O)C(C)C)c1. The van der Waals surface area contributed by atoms with Crippen molar-refractivity contribution in [3.8, 4) is 5.75 Å². The van der Waals surface area contributed by atoms with E-state index >= 15 is 0 Å². The number of ether oxygens (including phenoxy) is 2. The van der Waals surface area contributed by atoms with Gasteiger partial charge in [0.15, 0.2) is 0 Å². The second-order valence-electron chi connectivity index (χ2n) is 6.51. The summed E-state index contributed by atoms with van der Waals surface area (Å²) in [6, 6.07) is 2.84. The average molecular weight is 466 g/mol. The molecule has 0 heterocycles. The number of benzene rings is 1. The van der Waals surface area contributed by atoms with Crippen LogP contribution in [0.25, 0.3) is 0 Å². The largest absolute Gasteiger partial charge is 0.438 e. The highest BCUT2D eigenvalue weighted by Gasteiger charge is 2.76. The van der Waals surface area contributed by atoms with E-state index in [0.29, 0.717) is 5.56 Å². The van der Waals surface area contributed by atoms with Gasteiger partial charge in [-0.05, 0) is 24.6 Å². The molecular formula is C16H16F6O7S. The van der Waals surface area contributed by atoms with Gasteiger partial charge in [0.05, 0.1) is 5.92 Å². The molecule has 0 aliphatic rings. The van der Waals surface area contributed by atoms with E-state index in [4.69, 9.17) is 9.29 Å². The van der Waals surface area contributed by atoms with Crippen LogP contribution in [-0.4, -0.2) is 48.6 Å². The van der Waals surface area contributed by atoms with Crippen LogP contribution in [0.3, 0.4) is 0 Å². The molecule has 0 amide bonds. The molecule has 0 fully saturated rings. The molecule has 1 N–H and O–H groups in total. The van der Waals surface area contributed by atoms with Crippen LogP contribution in [0.5, 0.6) is 5.75 Å². The molecule has 0 spiro atoms. The quantitative estimate of drug-likeness (QED) is 0.296. The van der Waals surface area contributed by atoms with Crippen molar-refractivity contribution in [2.75, 3.05) is 5.75 Å². The maximum atomic E-state index is 13.3. The smallest absolute Gasteiger partial charge is 0.434 e. The third-order valence-corrected chi connectivity index (χ3v) is 4.38. The molecule has 14 heteroatoms. The summed E-state index contributed by atoms with van der Waals surface area (Å²) in [5.41, 5.74) is -6.24. The summed E-state index contributed by atoms with van der Waals surface area (Å²) >= 11 is 0. The number of carbonyl (C=O) groups excluding carboxylic acids is 2. The number of aryl methyl sites for hydroxylation is 1. The maximum Gasteiger partial charge on any atom is 0.438 e. The van der Waals surface area contributed by atoms with E-state index in [0.717, 1.165) is 18.2 Å². The van der Waals surface area contributed by atoms with Crippen LogP contribution in [0.15, 0.2) is 18.2 Å². The van der Waals surface area contributed by atoms with Gasteiger partial charge in [0, 0.05) is 0 Å². The lowest BCUT2D eigenvalue weighted by atomic mass is 10.0. The van der Waals surface area contributed by atoms with Crippen LogP contribution in [-0.2, 0) is 19.6 Å². The molecule has 0 saturated carbocycles. The molecule has 7 nitrogen and oxygen atoms in total. The lowest BCUT2D eigenvalue weighted by Crippen LogP contribution is -2.63. The van der Waals surface area contributed by atoms with E-state index in [2.05, 4.69) is 4.74 Å². The molecule has 0 bridgehead atoms. The number of halogens is 6. The van der Waals surface area contributed by atoms with Crippen LogP contribution in [0.4, 0.5) is 26.3 Å². The molecule has 0 aliphatic carbocycles. The summed E-state index contributed by atoms with van der Waals surface area (Å²) in [6.45, 7) is 4.18. The van der Waals surface area contributed by atoms with Gasteiger partial charge in [-0.3, -0.25) is 9.35 Å². The third kappa shape index (κ3) is 5.84. The van der Waals surface area contributed by atoms with Gasteiger partial charge < -0.3 is 9.47 Å². The fourth-order valence-corrected chi connectivity index (χ4v) is 2.95. The second kappa shape index (κ2) is 8.41. The van der Waals surface area contributed by atoms with Gasteiger partial charge >= 0.3 is 29.9 Å². The van der Waals surface area contributed by atoms with Crippen LogP contribution >= 0.6 is 0 Å². The summed E-state index contributed by atoms with van der Waals surface area (Å²) in [5, 5.41) is 0. The highest BCUT2D eigenvalue weighted by Crippen LogP contribution is 2.47. The number of hydrogen-bond donors (Lipinski definition) is 1. The predicted octanol–water partition coefficient (Wildman–Crippen LogP) is 3.46. The van der Waals surface area contributed by atoms with Crippen molar-refractivity contribution in [1.82, 2.24) is 0 Å². The Bertz CT molecular complexity index is 905. The molecule has 1 aromatic carbocycles. The highest BCUT2D eigenvalue weighted by molar-refractivity contribution is 7.85. The van der Waals surface area contributed by atoms with Crippen molar-refractivity contribution in [3.63, 3.8) is 0 Å². The van der Waals surface area contributed by atoms with Gasteiger partial charge in [0.1, 0.15) is 17.1 Å². The zero-order valence-electron chi connectivity index (χ0n) is 15.6. The lowest BCUT2D eigenvalue weighted by Gasteiger charge is -2.35. The zero-order valence-corrected chi connectivity index (χ0v) is 16.4. The van der Waals surface area contributed by atoms with Gasteiger partial charge in [0.25, 0.3) is 10.1 Å². The number of hydrogen-bond acceptors (Lipinski definition) is 6. The first-order valence-corrected chi connectivity index (χ1v) is 9.56. The van der Waals surface area contributed by atoms with Crippen molar-refractivity contribution in [2.45, 2.75) is 38.7 Å². The van der Waals surface area contributed by atoms with Crippen LogP contribution in [0.1, 0.15) is 29.8 Å². The number of rotatable bonds is 6. The minimum Gasteiger partial charge on any atom is -0.434 e. The predicted molar refractivity (Wildman–Crippen MR) is 88.3 cm³/mol. The Morgan fingerprint density at radius 2 is 1.57 bits per heavy atom. The molecule has 30 heavy (non-hydrogen) atoms. The summed E-state index contributed by atoms with van der Waals surface area (Å²) in [7, 11) is -5.93. The highest BCUT2D eigenvalue weighted by atomic mass is 32.2. The molecule has 0 radical (unpaired) electrons. The Kier molecular flexibility index (Phi) is 7.20. The Morgan fingerprint density at radius 3 is 1.97 bits per heavy atom. The monoisotopic (exact) mass is 466 g/mol. The first-order valence-electron chi connectivity index (χ1n) is 7.95. The van der Waals surface area contributed by atoms with E-state index < -0.39 is 63.0 Å². The Morgan fingerprint density at radius 1 is 1.07 bits per heavy atom. The molecule has 0 saturated heterocycles. The van der Waals surface area contributed by atoms with Crippen molar-refractivity contribution < 1.29 is 58.4 Å². The van der Waals surface area contributed by atoms with E-state index in [1.54, 1.807) is 0 Å². The second-order valence-corrected chi connectivity index (χ2v) is 7.97. The molecule has 1 aromatic rings. The zero-order chi connectivity index (χ0) is 23.7. The van der Waals surface area contributed by atoms with Crippen molar-refractivity contribution in [1.29, 1.82) is 0 Å². The molecule has 0 atom stereocenters. The maximum absolute atomic E-state index is 13.3. The molecular weight excluding hydrogens is 450 g/mol. The first-order chi connectivity index (χ1) is 13.3. The van der Waals surface area contributed by atoms with Crippen LogP contribution in [0, 0.1) is 12.8 Å². The summed E-state index contributed by atoms with van der Waals surface area (Å²) in [6.07, 6.45) is -13.0. The number of carbonyl (C=O) groups is 2. The fourth-order valence-electron chi connectivity index (χ4n) is 2.05. The minimum atomic E-state index is -6.48. The van der Waals surface area contributed by atoms with Gasteiger partial charge in [-0.15, -0.1) is 0 Å². The molecule has 0 aromatic heterocycles. The van der Waals surface area contributed by atoms with Crippen LogP contribution < -0.4 is 4.74 Å². The summed E-state index contributed by atoms with van der Waals surface area (Å²) in [4.78, 5) is 24.0. The average Bonchev–Trinajstić information content (AvgIpc) is 2.50. The first kappa shape index (κ1) is 25.7. The molecule has 0 unspecified atom stereocenters. The molecule has 170 valence electrons. The Hall–Kier alpha value is -2.35. The summed E-state index contributed by atoms with van der Waals surface area (Å²) < 4.78 is 119. The van der Waals surface area contributed by atoms with Gasteiger partial charge in [-0.25, -0.2) is 4.79 Å². The molecule has 1 rings (SSSR count). The Labute approximate surface area is 166 Å². The van der Waals surface area contributed by atoms with Crippen molar-refractivity contribution in [2.24, 2.45) is 5.92 Å². The van der Waals surface area contributed by atoms with Crippen molar-refractivity contribution >= 4 is 22.1 Å². The molecule has 0 aliphatic heterocycles. The lowest BCUT2D eigenvalue weighted by molar-refractivity contribution is -0.356. The van der Waals surface area contributed by atoms with E-state index in [1.807, 2.05) is 0 Å².